The van der Waals surface area contributed by atoms with Crippen LogP contribution in [0.25, 0.3) is 11.3 Å². The molecule has 1 aliphatic carbocycles. The van der Waals surface area contributed by atoms with E-state index in [2.05, 4.69) is 22.2 Å². The molecule has 1 fully saturated rings. The summed E-state index contributed by atoms with van der Waals surface area (Å²) in [5.74, 6) is 1.08. The Morgan fingerprint density at radius 3 is 2.74 bits per heavy atom. The van der Waals surface area contributed by atoms with Gasteiger partial charge in [0.2, 0.25) is 5.91 Å². The number of nitrogens with one attached hydrogen (secondary N) is 1. The first-order valence-electron chi connectivity index (χ1n) is 7.95. The molecule has 1 heterocycles. The van der Waals surface area contributed by atoms with Gasteiger partial charge in [0, 0.05) is 17.3 Å². The zero-order valence-electron chi connectivity index (χ0n) is 13.5. The van der Waals surface area contributed by atoms with Crippen molar-refractivity contribution in [1.29, 1.82) is 0 Å². The molecule has 1 amide bonds. The number of benzene rings is 1. The molecule has 23 heavy (non-hydrogen) atoms. The van der Waals surface area contributed by atoms with E-state index in [-0.39, 0.29) is 11.9 Å². The van der Waals surface area contributed by atoms with E-state index in [9.17, 15) is 4.79 Å². The Hall–Kier alpha value is -1.88. The second-order valence-corrected chi connectivity index (χ2v) is 6.97. The lowest BCUT2D eigenvalue weighted by molar-refractivity contribution is -0.119. The number of carbonyl (C=O) groups excluding carboxylic acids is 1. The lowest BCUT2D eigenvalue weighted by atomic mass is 10.1. The van der Waals surface area contributed by atoms with Crippen LogP contribution in [0.2, 0.25) is 0 Å². The van der Waals surface area contributed by atoms with Crippen LogP contribution in [0.4, 0.5) is 0 Å². The minimum Gasteiger partial charge on any atom is -0.353 e. The normalized spacial score (nSPS) is 15.2. The number of aryl methyl sites for hydroxylation is 1. The first-order valence-corrected chi connectivity index (χ1v) is 8.93. The minimum absolute atomic E-state index is 0.0563. The van der Waals surface area contributed by atoms with Crippen LogP contribution in [0, 0.1) is 12.8 Å². The van der Waals surface area contributed by atoms with Gasteiger partial charge >= 0.3 is 0 Å². The van der Waals surface area contributed by atoms with E-state index < -0.39 is 0 Å². The molecule has 1 aliphatic rings. The van der Waals surface area contributed by atoms with Crippen molar-refractivity contribution in [2.24, 2.45) is 5.92 Å². The molecule has 1 aromatic carbocycles. The number of thioether (sulfide) groups is 1. The summed E-state index contributed by atoms with van der Waals surface area (Å²) in [6.07, 6.45) is 2.46. The molecular formula is C18H21N3OS. The van der Waals surface area contributed by atoms with Gasteiger partial charge < -0.3 is 5.32 Å². The summed E-state index contributed by atoms with van der Waals surface area (Å²) in [5.41, 5.74) is 2.87. The number of nitrogens with zero attached hydrogens (tertiary/aromatic N) is 2. The fourth-order valence-electron chi connectivity index (χ4n) is 2.50. The lowest BCUT2D eigenvalue weighted by Gasteiger charge is -2.12. The van der Waals surface area contributed by atoms with Crippen molar-refractivity contribution in [1.82, 2.24) is 15.3 Å². The monoisotopic (exact) mass is 327 g/mol. The van der Waals surface area contributed by atoms with Crippen molar-refractivity contribution in [3.63, 3.8) is 0 Å². The smallest absolute Gasteiger partial charge is 0.230 e. The van der Waals surface area contributed by atoms with E-state index in [1.807, 2.05) is 43.3 Å². The average molecular weight is 327 g/mol. The van der Waals surface area contributed by atoms with Crippen molar-refractivity contribution in [2.75, 3.05) is 5.75 Å². The Labute approximate surface area is 141 Å². The first kappa shape index (κ1) is 16.0. The maximum atomic E-state index is 12.0. The van der Waals surface area contributed by atoms with E-state index in [1.54, 1.807) is 0 Å². The molecule has 0 radical (unpaired) electrons. The Morgan fingerprint density at radius 2 is 2.04 bits per heavy atom. The van der Waals surface area contributed by atoms with Crippen LogP contribution in [0.5, 0.6) is 0 Å². The highest BCUT2D eigenvalue weighted by Crippen LogP contribution is 2.32. The summed E-state index contributed by atoms with van der Waals surface area (Å²) < 4.78 is 0. The number of rotatable bonds is 6. The van der Waals surface area contributed by atoms with Crippen LogP contribution in [0.15, 0.2) is 41.6 Å². The van der Waals surface area contributed by atoms with Gasteiger partial charge in [0.05, 0.1) is 11.4 Å². The summed E-state index contributed by atoms with van der Waals surface area (Å²) in [4.78, 5) is 21.0. The van der Waals surface area contributed by atoms with Gasteiger partial charge in [-0.2, -0.15) is 0 Å². The Morgan fingerprint density at radius 1 is 1.30 bits per heavy atom. The average Bonchev–Trinajstić information content (AvgIpc) is 3.38. The molecule has 0 aliphatic heterocycles. The third-order valence-electron chi connectivity index (χ3n) is 3.95. The van der Waals surface area contributed by atoms with Crippen LogP contribution >= 0.6 is 11.8 Å². The SMILES string of the molecule is Cc1cc(-c2ccccc2)nc(SCC(=O)N[C@H](C)C2CC2)n1. The van der Waals surface area contributed by atoms with Gasteiger partial charge in [-0.15, -0.1) is 0 Å². The van der Waals surface area contributed by atoms with Crippen molar-refractivity contribution >= 4 is 17.7 Å². The largest absolute Gasteiger partial charge is 0.353 e. The Bertz CT molecular complexity index is 686. The van der Waals surface area contributed by atoms with Gasteiger partial charge in [0.1, 0.15) is 0 Å². The number of hydrogen-bond acceptors (Lipinski definition) is 4. The quantitative estimate of drug-likeness (QED) is 0.652. The van der Waals surface area contributed by atoms with Gasteiger partial charge in [0.15, 0.2) is 5.16 Å². The molecule has 120 valence electrons. The van der Waals surface area contributed by atoms with Gasteiger partial charge in [-0.3, -0.25) is 4.79 Å². The summed E-state index contributed by atoms with van der Waals surface area (Å²) >= 11 is 1.39. The molecule has 5 heteroatoms. The van der Waals surface area contributed by atoms with E-state index >= 15 is 0 Å². The lowest BCUT2D eigenvalue weighted by Crippen LogP contribution is -2.35. The maximum Gasteiger partial charge on any atom is 0.230 e. The zero-order valence-corrected chi connectivity index (χ0v) is 14.3. The standard InChI is InChI=1S/C18H21N3OS/c1-12-10-16(15-6-4-3-5-7-15)21-18(19-12)23-11-17(22)20-13(2)14-8-9-14/h3-7,10,13-14H,8-9,11H2,1-2H3,(H,20,22)/t13-/m1/s1. The molecule has 3 rings (SSSR count). The van der Waals surface area contributed by atoms with Crippen molar-refractivity contribution in [3.8, 4) is 11.3 Å². The first-order chi connectivity index (χ1) is 11.1. The van der Waals surface area contributed by atoms with Gasteiger partial charge in [0.25, 0.3) is 0 Å². The zero-order chi connectivity index (χ0) is 16.2. The molecule has 2 aromatic rings. The Balaban J connectivity index is 1.63. The van der Waals surface area contributed by atoms with Crippen molar-refractivity contribution < 1.29 is 4.79 Å². The van der Waals surface area contributed by atoms with Crippen LogP contribution in [0.1, 0.15) is 25.5 Å². The number of carbonyl (C=O) groups is 1. The minimum atomic E-state index is 0.0563. The highest BCUT2D eigenvalue weighted by atomic mass is 32.2. The van der Waals surface area contributed by atoms with Crippen LogP contribution < -0.4 is 5.32 Å². The third-order valence-corrected chi connectivity index (χ3v) is 4.80. The number of hydrogen-bond donors (Lipinski definition) is 1. The molecular weight excluding hydrogens is 306 g/mol. The van der Waals surface area contributed by atoms with Crippen LogP contribution in [0.3, 0.4) is 0 Å². The Kier molecular flexibility index (Phi) is 4.96. The van der Waals surface area contributed by atoms with Gasteiger partial charge in [-0.25, -0.2) is 9.97 Å². The highest BCUT2D eigenvalue weighted by molar-refractivity contribution is 7.99. The maximum absolute atomic E-state index is 12.0. The fourth-order valence-corrected chi connectivity index (χ4v) is 3.22. The van der Waals surface area contributed by atoms with E-state index in [0.717, 1.165) is 17.0 Å². The van der Waals surface area contributed by atoms with E-state index in [0.29, 0.717) is 16.8 Å². The fraction of sp³-hybridized carbons (Fsp3) is 0.389. The van der Waals surface area contributed by atoms with Gasteiger partial charge in [-0.1, -0.05) is 42.1 Å². The molecule has 1 N–H and O–H groups in total. The predicted molar refractivity (Wildman–Crippen MR) is 93.3 cm³/mol. The molecule has 0 saturated heterocycles. The topological polar surface area (TPSA) is 54.9 Å². The van der Waals surface area contributed by atoms with E-state index in [4.69, 9.17) is 0 Å². The second-order valence-electron chi connectivity index (χ2n) is 6.03. The van der Waals surface area contributed by atoms with Crippen LogP contribution in [-0.4, -0.2) is 27.7 Å². The second kappa shape index (κ2) is 7.13. The molecule has 4 nitrogen and oxygen atoms in total. The summed E-state index contributed by atoms with van der Waals surface area (Å²) in [6.45, 7) is 4.03. The molecule has 1 atom stereocenters. The molecule has 0 bridgehead atoms. The third kappa shape index (κ3) is 4.55. The molecule has 0 spiro atoms. The molecule has 1 saturated carbocycles. The van der Waals surface area contributed by atoms with Gasteiger partial charge in [-0.05, 0) is 38.7 Å². The van der Waals surface area contributed by atoms with Crippen molar-refractivity contribution in [2.45, 2.75) is 37.9 Å². The van der Waals surface area contributed by atoms with E-state index in [1.165, 1.54) is 24.6 Å². The summed E-state index contributed by atoms with van der Waals surface area (Å²) in [7, 11) is 0. The van der Waals surface area contributed by atoms with Crippen LogP contribution in [-0.2, 0) is 4.79 Å². The summed E-state index contributed by atoms with van der Waals surface area (Å²) in [5, 5.41) is 3.71. The predicted octanol–water partition coefficient (Wildman–Crippen LogP) is 3.46. The summed E-state index contributed by atoms with van der Waals surface area (Å²) in [6, 6.07) is 12.3. The molecule has 0 unspecified atom stereocenters. The number of amides is 1. The number of aromatic nitrogens is 2. The van der Waals surface area contributed by atoms with Crippen molar-refractivity contribution in [3.05, 3.63) is 42.1 Å². The molecule has 1 aromatic heterocycles. The highest BCUT2D eigenvalue weighted by Gasteiger charge is 2.28.